The van der Waals surface area contributed by atoms with E-state index < -0.39 is 0 Å². The Bertz CT molecular complexity index is 604. The lowest BCUT2D eigenvalue weighted by Crippen LogP contribution is -2.14. The van der Waals surface area contributed by atoms with Crippen molar-refractivity contribution < 1.29 is 9.53 Å². The highest BCUT2D eigenvalue weighted by Crippen LogP contribution is 2.23. The maximum atomic E-state index is 12.1. The first-order valence-corrected chi connectivity index (χ1v) is 6.39. The zero-order chi connectivity index (χ0) is 13.8. The standard InChI is InChI=1S/C12H9BrClN3O2/c1-19-9-3-2-7(14)4-8(9)12(18)17-11-6-15-10(13)5-16-11/h2-6H,1H3,(H,16,17,18). The van der Waals surface area contributed by atoms with Crippen molar-refractivity contribution in [1.82, 2.24) is 9.97 Å². The predicted molar refractivity (Wildman–Crippen MR) is 75.7 cm³/mol. The molecule has 5 nitrogen and oxygen atoms in total. The van der Waals surface area contributed by atoms with E-state index in [-0.39, 0.29) is 5.91 Å². The SMILES string of the molecule is COc1ccc(Cl)cc1C(=O)Nc1cnc(Br)cn1. The van der Waals surface area contributed by atoms with E-state index in [9.17, 15) is 4.79 Å². The third-order valence-electron chi connectivity index (χ3n) is 2.27. The lowest BCUT2D eigenvalue weighted by Gasteiger charge is -2.09. The summed E-state index contributed by atoms with van der Waals surface area (Å²) in [7, 11) is 1.49. The van der Waals surface area contributed by atoms with E-state index in [1.54, 1.807) is 12.1 Å². The lowest BCUT2D eigenvalue weighted by atomic mass is 10.2. The second kappa shape index (κ2) is 5.99. The molecule has 0 fully saturated rings. The number of carbonyl (C=O) groups excluding carboxylic acids is 1. The van der Waals surface area contributed by atoms with E-state index in [0.717, 1.165) is 0 Å². The van der Waals surface area contributed by atoms with Crippen LogP contribution in [0.3, 0.4) is 0 Å². The maximum Gasteiger partial charge on any atom is 0.260 e. The maximum absolute atomic E-state index is 12.1. The second-order valence-electron chi connectivity index (χ2n) is 3.52. The number of ether oxygens (including phenoxy) is 1. The Morgan fingerprint density at radius 2 is 2.16 bits per heavy atom. The molecule has 0 aliphatic heterocycles. The number of anilines is 1. The molecule has 1 heterocycles. The van der Waals surface area contributed by atoms with Gasteiger partial charge < -0.3 is 10.1 Å². The van der Waals surface area contributed by atoms with Gasteiger partial charge in [-0.3, -0.25) is 4.79 Å². The van der Waals surface area contributed by atoms with Gasteiger partial charge in [0.1, 0.15) is 10.4 Å². The van der Waals surface area contributed by atoms with Gasteiger partial charge in [-0.05, 0) is 34.1 Å². The van der Waals surface area contributed by atoms with E-state index in [1.165, 1.54) is 25.6 Å². The third-order valence-corrected chi connectivity index (χ3v) is 2.91. The third kappa shape index (κ3) is 3.42. The van der Waals surface area contributed by atoms with Crippen LogP contribution in [0.4, 0.5) is 5.82 Å². The van der Waals surface area contributed by atoms with Gasteiger partial charge in [0, 0.05) is 5.02 Å². The molecule has 2 aromatic rings. The monoisotopic (exact) mass is 341 g/mol. The Morgan fingerprint density at radius 1 is 1.37 bits per heavy atom. The average molecular weight is 343 g/mol. The highest BCUT2D eigenvalue weighted by atomic mass is 79.9. The number of rotatable bonds is 3. The average Bonchev–Trinajstić information content (AvgIpc) is 2.41. The highest BCUT2D eigenvalue weighted by Gasteiger charge is 2.13. The molecule has 1 aromatic carbocycles. The molecule has 7 heteroatoms. The van der Waals surface area contributed by atoms with E-state index in [0.29, 0.717) is 26.8 Å². The number of nitrogens with zero attached hydrogens (tertiary/aromatic N) is 2. The van der Waals surface area contributed by atoms with Crippen molar-refractivity contribution in [2.45, 2.75) is 0 Å². The van der Waals surface area contributed by atoms with Gasteiger partial charge in [-0.15, -0.1) is 0 Å². The zero-order valence-corrected chi connectivity index (χ0v) is 12.2. The van der Waals surface area contributed by atoms with Crippen molar-refractivity contribution in [2.24, 2.45) is 0 Å². The summed E-state index contributed by atoms with van der Waals surface area (Å²) >= 11 is 9.04. The van der Waals surface area contributed by atoms with Gasteiger partial charge in [0.05, 0.1) is 25.1 Å². The van der Waals surface area contributed by atoms with Crippen molar-refractivity contribution in [3.63, 3.8) is 0 Å². The topological polar surface area (TPSA) is 64.1 Å². The fraction of sp³-hybridized carbons (Fsp3) is 0.0833. The molecule has 98 valence electrons. The van der Waals surface area contributed by atoms with Crippen LogP contribution in [0.15, 0.2) is 35.2 Å². The molecule has 0 bridgehead atoms. The van der Waals surface area contributed by atoms with Crippen LogP contribution < -0.4 is 10.1 Å². The minimum absolute atomic E-state index is 0.333. The summed E-state index contributed by atoms with van der Waals surface area (Å²) in [6, 6.07) is 4.81. The van der Waals surface area contributed by atoms with Gasteiger partial charge >= 0.3 is 0 Å². The minimum Gasteiger partial charge on any atom is -0.496 e. The summed E-state index contributed by atoms with van der Waals surface area (Å²) in [5.74, 6) is 0.415. The van der Waals surface area contributed by atoms with Crippen LogP contribution >= 0.6 is 27.5 Å². The second-order valence-corrected chi connectivity index (χ2v) is 4.77. The molecule has 1 amide bonds. The normalized spacial score (nSPS) is 10.1. The van der Waals surface area contributed by atoms with Gasteiger partial charge in [-0.2, -0.15) is 0 Å². The first kappa shape index (κ1) is 13.8. The first-order valence-electron chi connectivity index (χ1n) is 5.22. The molecule has 1 aromatic heterocycles. The van der Waals surface area contributed by atoms with Crippen molar-refractivity contribution in [2.75, 3.05) is 12.4 Å². The number of benzene rings is 1. The summed E-state index contributed by atoms with van der Waals surface area (Å²) in [5, 5.41) is 3.07. The summed E-state index contributed by atoms with van der Waals surface area (Å²) in [6.45, 7) is 0. The molecule has 1 N–H and O–H groups in total. The summed E-state index contributed by atoms with van der Waals surface area (Å²) in [5.41, 5.74) is 0.333. The van der Waals surface area contributed by atoms with Crippen molar-refractivity contribution >= 4 is 39.3 Å². The number of hydrogen-bond donors (Lipinski definition) is 1. The Labute approximate surface area is 123 Å². The van der Waals surface area contributed by atoms with Crippen LogP contribution in [0.1, 0.15) is 10.4 Å². The van der Waals surface area contributed by atoms with Crippen molar-refractivity contribution in [3.05, 3.63) is 45.8 Å². The molecule has 0 saturated heterocycles. The van der Waals surface area contributed by atoms with Gasteiger partial charge in [0.2, 0.25) is 0 Å². The first-order chi connectivity index (χ1) is 9.10. The largest absolute Gasteiger partial charge is 0.496 e. The van der Waals surface area contributed by atoms with E-state index in [2.05, 4.69) is 31.2 Å². The molecule has 0 spiro atoms. The molecule has 0 saturated carbocycles. The smallest absolute Gasteiger partial charge is 0.260 e. The number of amides is 1. The molecular formula is C12H9BrClN3O2. The molecule has 0 radical (unpaired) electrons. The fourth-order valence-electron chi connectivity index (χ4n) is 1.42. The van der Waals surface area contributed by atoms with Crippen LogP contribution in [-0.2, 0) is 0 Å². The Morgan fingerprint density at radius 3 is 2.79 bits per heavy atom. The summed E-state index contributed by atoms with van der Waals surface area (Å²) in [6.07, 6.45) is 2.93. The molecule has 0 aliphatic carbocycles. The Kier molecular flexibility index (Phi) is 4.34. The lowest BCUT2D eigenvalue weighted by molar-refractivity contribution is 0.102. The number of nitrogens with one attached hydrogen (secondary N) is 1. The van der Waals surface area contributed by atoms with Crippen molar-refractivity contribution in [1.29, 1.82) is 0 Å². The quantitative estimate of drug-likeness (QED) is 0.930. The number of hydrogen-bond acceptors (Lipinski definition) is 4. The molecule has 0 unspecified atom stereocenters. The fourth-order valence-corrected chi connectivity index (χ4v) is 1.79. The number of aromatic nitrogens is 2. The van der Waals surface area contributed by atoms with E-state index in [1.807, 2.05) is 0 Å². The Hall–Kier alpha value is -1.66. The minimum atomic E-state index is -0.365. The summed E-state index contributed by atoms with van der Waals surface area (Å²) < 4.78 is 5.70. The van der Waals surface area contributed by atoms with Gasteiger partial charge in [0.25, 0.3) is 5.91 Å². The number of carbonyl (C=O) groups is 1. The van der Waals surface area contributed by atoms with Crippen molar-refractivity contribution in [3.8, 4) is 5.75 Å². The number of halogens is 2. The Balaban J connectivity index is 2.24. The molecule has 0 atom stereocenters. The van der Waals surface area contributed by atoms with E-state index >= 15 is 0 Å². The van der Waals surface area contributed by atoms with E-state index in [4.69, 9.17) is 16.3 Å². The molecule has 2 rings (SSSR count). The van der Waals surface area contributed by atoms with Crippen LogP contribution in [0.2, 0.25) is 5.02 Å². The zero-order valence-electron chi connectivity index (χ0n) is 9.85. The molecular weight excluding hydrogens is 334 g/mol. The highest BCUT2D eigenvalue weighted by molar-refractivity contribution is 9.10. The molecule has 0 aliphatic rings. The van der Waals surface area contributed by atoms with Crippen LogP contribution in [0.25, 0.3) is 0 Å². The van der Waals surface area contributed by atoms with Crippen LogP contribution in [0.5, 0.6) is 5.75 Å². The molecule has 19 heavy (non-hydrogen) atoms. The predicted octanol–water partition coefficient (Wildman–Crippen LogP) is 3.15. The van der Waals surface area contributed by atoms with Crippen LogP contribution in [-0.4, -0.2) is 23.0 Å². The number of methoxy groups -OCH3 is 1. The van der Waals surface area contributed by atoms with Gasteiger partial charge in [0.15, 0.2) is 5.82 Å². The van der Waals surface area contributed by atoms with Gasteiger partial charge in [-0.1, -0.05) is 11.6 Å². The summed E-state index contributed by atoms with van der Waals surface area (Å²) in [4.78, 5) is 20.1. The van der Waals surface area contributed by atoms with Crippen LogP contribution in [0, 0.1) is 0 Å². The van der Waals surface area contributed by atoms with Gasteiger partial charge in [-0.25, -0.2) is 9.97 Å².